The number of hydrogen-bond acceptors (Lipinski definition) is 2. The summed E-state index contributed by atoms with van der Waals surface area (Å²) in [7, 11) is 0. The molecule has 0 aromatic heterocycles. The van der Waals surface area contributed by atoms with Crippen molar-refractivity contribution in [3.8, 4) is 17.2 Å². The minimum Gasteiger partial charge on any atom is -0.457 e. The van der Waals surface area contributed by atoms with Gasteiger partial charge in [0.15, 0.2) is 5.75 Å². The highest BCUT2D eigenvalue weighted by molar-refractivity contribution is 5.75. The van der Waals surface area contributed by atoms with Crippen molar-refractivity contribution in [2.45, 2.75) is 6.42 Å². The summed E-state index contributed by atoms with van der Waals surface area (Å²) in [6.07, 6.45) is 7.06. The zero-order chi connectivity index (χ0) is 15.4. The summed E-state index contributed by atoms with van der Waals surface area (Å²) in [4.78, 5) is 10.7. The van der Waals surface area contributed by atoms with Crippen molar-refractivity contribution in [3.63, 3.8) is 0 Å². The van der Waals surface area contributed by atoms with Gasteiger partial charge in [-0.25, -0.2) is 4.79 Å². The molecule has 0 saturated carbocycles. The normalized spacial score (nSPS) is 13.5. The smallest absolute Gasteiger partial charge is 0.178 e. The fraction of sp³-hybridized carbons (Fsp3) is 0.0526. The zero-order valence-electron chi connectivity index (χ0n) is 11.7. The second-order valence-electron chi connectivity index (χ2n) is 4.86. The molecule has 106 valence electrons. The molecule has 2 aromatic rings. The summed E-state index contributed by atoms with van der Waals surface area (Å²) >= 11 is 0. The first-order chi connectivity index (χ1) is 10.7. The van der Waals surface area contributed by atoms with Gasteiger partial charge < -0.3 is 4.74 Å². The molecule has 0 heterocycles. The molecule has 0 fully saturated rings. The number of carbonyl (C=O) groups excluding carboxylic acids is 1. The lowest BCUT2D eigenvalue weighted by Gasteiger charge is -2.11. The van der Waals surface area contributed by atoms with E-state index >= 15 is 0 Å². The quantitative estimate of drug-likeness (QED) is 0.779. The van der Waals surface area contributed by atoms with Crippen LogP contribution in [0.3, 0.4) is 0 Å². The minimum atomic E-state index is -0.0455. The van der Waals surface area contributed by atoms with Crippen LogP contribution in [0.2, 0.25) is 0 Å². The van der Waals surface area contributed by atoms with Crippen LogP contribution in [0.4, 0.5) is 0 Å². The summed E-state index contributed by atoms with van der Waals surface area (Å²) in [5.41, 5.74) is 2.59. The Bertz CT molecular complexity index is 774. The second kappa shape index (κ2) is 6.17. The van der Waals surface area contributed by atoms with Gasteiger partial charge in [-0.1, -0.05) is 24.3 Å². The molecule has 0 unspecified atom stereocenters. The predicted molar refractivity (Wildman–Crippen MR) is 82.7 cm³/mol. The number of ether oxygens (including phenoxy) is 1. The minimum absolute atomic E-state index is 0.0455. The Labute approximate surface area is 128 Å². The van der Waals surface area contributed by atoms with Gasteiger partial charge in [-0.2, -0.15) is 0 Å². The fourth-order valence-corrected chi connectivity index (χ4v) is 2.19. The van der Waals surface area contributed by atoms with Gasteiger partial charge in [0.1, 0.15) is 17.4 Å². The van der Waals surface area contributed by atoms with Crippen LogP contribution in [0.1, 0.15) is 12.0 Å². The summed E-state index contributed by atoms with van der Waals surface area (Å²) < 4.78 is 5.67. The van der Waals surface area contributed by atoms with Crippen LogP contribution in [0.25, 0.3) is 5.57 Å². The maximum absolute atomic E-state index is 11.0. The second-order valence-corrected chi connectivity index (χ2v) is 4.86. The highest BCUT2D eigenvalue weighted by Gasteiger charge is 2.08. The molecule has 0 atom stereocenters. The van der Waals surface area contributed by atoms with Crippen LogP contribution in [0.15, 0.2) is 66.3 Å². The molecule has 3 nitrogen and oxygen atoms in total. The van der Waals surface area contributed by atoms with E-state index in [2.05, 4.69) is 6.08 Å². The van der Waals surface area contributed by atoms with E-state index in [4.69, 9.17) is 4.74 Å². The van der Waals surface area contributed by atoms with Crippen molar-refractivity contribution in [2.24, 2.45) is 0 Å². The monoisotopic (exact) mass is 288 g/mol. The van der Waals surface area contributed by atoms with Crippen molar-refractivity contribution >= 4 is 11.5 Å². The Morgan fingerprint density at radius 2 is 1.59 bits per heavy atom. The highest BCUT2D eigenvalue weighted by atomic mass is 16.5. The highest BCUT2D eigenvalue weighted by Crippen LogP contribution is 2.28. The summed E-state index contributed by atoms with van der Waals surface area (Å²) in [6.45, 7) is 0. The lowest BCUT2D eigenvalue weighted by atomic mass is 9.95. The summed E-state index contributed by atoms with van der Waals surface area (Å²) in [6, 6.07) is 13.8. The molecule has 3 heteroatoms. The molecule has 22 heavy (non-hydrogen) atoms. The first kappa shape index (κ1) is 13.9. The molecule has 0 bridgehead atoms. The Morgan fingerprint density at radius 3 is 2.23 bits per heavy atom. The van der Waals surface area contributed by atoms with E-state index in [1.807, 2.05) is 36.3 Å². The van der Waals surface area contributed by atoms with Gasteiger partial charge in [0.05, 0.1) is 0 Å². The maximum atomic E-state index is 11.0. The van der Waals surface area contributed by atoms with E-state index in [1.165, 1.54) is 12.1 Å². The summed E-state index contributed by atoms with van der Waals surface area (Å²) in [5, 5.41) is 11.0. The lowest BCUT2D eigenvalue weighted by Crippen LogP contribution is -1.92. The molecular weight excluding hydrogens is 276 g/mol. The Hall–Kier alpha value is -3.03. The third-order valence-corrected chi connectivity index (χ3v) is 3.32. The van der Waals surface area contributed by atoms with Crippen LogP contribution in [0.5, 0.6) is 17.2 Å². The molecule has 0 amide bonds. The molecule has 0 aliphatic heterocycles. The van der Waals surface area contributed by atoms with Crippen LogP contribution in [-0.4, -0.2) is 5.94 Å². The Balaban J connectivity index is 1.75. The molecule has 1 aliphatic rings. The van der Waals surface area contributed by atoms with Crippen molar-refractivity contribution in [2.75, 3.05) is 0 Å². The molecule has 3 rings (SSSR count). The van der Waals surface area contributed by atoms with Gasteiger partial charge >= 0.3 is 0 Å². The number of rotatable bonds is 3. The molecule has 0 spiro atoms. The van der Waals surface area contributed by atoms with Gasteiger partial charge in [0.25, 0.3) is 0 Å². The molecular formula is C19H12O3. The first-order valence-corrected chi connectivity index (χ1v) is 6.83. The van der Waals surface area contributed by atoms with Crippen molar-refractivity contribution in [1.82, 2.24) is 0 Å². The Kier molecular flexibility index (Phi) is 3.90. The van der Waals surface area contributed by atoms with Crippen molar-refractivity contribution in [1.29, 1.82) is 0 Å². The number of benzene rings is 2. The number of hydrogen-bond donors (Lipinski definition) is 0. The topological polar surface area (TPSA) is 46.2 Å². The van der Waals surface area contributed by atoms with E-state index < -0.39 is 0 Å². The Morgan fingerprint density at radius 1 is 0.955 bits per heavy atom. The maximum Gasteiger partial charge on any atom is 0.178 e. The van der Waals surface area contributed by atoms with Crippen LogP contribution in [-0.2, 0) is 9.90 Å². The van der Waals surface area contributed by atoms with Gasteiger partial charge in [0, 0.05) is 12.0 Å². The van der Waals surface area contributed by atoms with E-state index in [0.29, 0.717) is 23.5 Å². The molecule has 0 saturated heterocycles. The van der Waals surface area contributed by atoms with E-state index in [9.17, 15) is 9.90 Å². The first-order valence-electron chi connectivity index (χ1n) is 6.83. The van der Waals surface area contributed by atoms with Gasteiger partial charge in [0.2, 0.25) is 0 Å². The van der Waals surface area contributed by atoms with Crippen LogP contribution >= 0.6 is 0 Å². The largest absolute Gasteiger partial charge is 0.457 e. The number of allylic oxidation sites excluding steroid dienone is 5. The predicted octanol–water partition coefficient (Wildman–Crippen LogP) is 4.53. The SMILES string of the molecule is [O]c1ccc(Oc2ccc(C3=CC=[C]C(=C=O)C3)cc2)cc1. The average molecular weight is 288 g/mol. The third-order valence-electron chi connectivity index (χ3n) is 3.32. The third kappa shape index (κ3) is 3.17. The standard InChI is InChI=1S/C19H12O3/c20-13-14-2-1-3-16(12-14)15-4-8-18(9-5-15)22-19-10-6-17(21)7-11-19/h1,3-11H,12H2. The molecule has 1 aliphatic carbocycles. The molecule has 2 radical (unpaired) electrons. The average Bonchev–Trinajstić information content (AvgIpc) is 2.58. The van der Waals surface area contributed by atoms with Crippen LogP contribution in [0, 0.1) is 6.08 Å². The molecule has 2 aromatic carbocycles. The van der Waals surface area contributed by atoms with E-state index in [-0.39, 0.29) is 5.75 Å². The van der Waals surface area contributed by atoms with Crippen molar-refractivity contribution < 1.29 is 14.6 Å². The summed E-state index contributed by atoms with van der Waals surface area (Å²) in [5.74, 6) is 3.15. The van der Waals surface area contributed by atoms with E-state index in [0.717, 1.165) is 11.1 Å². The fourth-order valence-electron chi connectivity index (χ4n) is 2.19. The molecule has 0 N–H and O–H groups in total. The lowest BCUT2D eigenvalue weighted by molar-refractivity contribution is 0.354. The van der Waals surface area contributed by atoms with Gasteiger partial charge in [-0.15, -0.1) is 0 Å². The zero-order valence-corrected chi connectivity index (χ0v) is 11.7. The van der Waals surface area contributed by atoms with Gasteiger partial charge in [-0.05, 0) is 53.6 Å². The van der Waals surface area contributed by atoms with Crippen molar-refractivity contribution in [3.05, 3.63) is 77.9 Å². The van der Waals surface area contributed by atoms with E-state index in [1.54, 1.807) is 18.2 Å². The van der Waals surface area contributed by atoms with Gasteiger partial charge in [-0.3, -0.25) is 5.11 Å². The van der Waals surface area contributed by atoms with Crippen LogP contribution < -0.4 is 4.74 Å².